The molecule has 0 spiro atoms. The first-order valence-corrected chi connectivity index (χ1v) is 8.06. The van der Waals surface area contributed by atoms with Crippen molar-refractivity contribution in [1.29, 1.82) is 0 Å². The number of benzene rings is 2. The van der Waals surface area contributed by atoms with E-state index in [0.717, 1.165) is 26.5 Å². The number of nitrogens with two attached hydrogens (primary N) is 1. The third-order valence-corrected chi connectivity index (χ3v) is 4.67. The third-order valence-electron chi connectivity index (χ3n) is 3.62. The number of anilines is 3. The van der Waals surface area contributed by atoms with Crippen molar-refractivity contribution in [2.75, 3.05) is 11.1 Å². The molecule has 0 bridgehead atoms. The molecule has 4 aromatic rings. The van der Waals surface area contributed by atoms with E-state index in [1.54, 1.807) is 11.3 Å². The topological polar surface area (TPSA) is 79.6 Å². The number of fused-ring (bicyclic) bond motifs is 1. The van der Waals surface area contributed by atoms with E-state index in [4.69, 9.17) is 5.73 Å². The lowest BCUT2D eigenvalue weighted by molar-refractivity contribution is 1.10. The summed E-state index contributed by atoms with van der Waals surface area (Å²) in [5.41, 5.74) is 10.0. The van der Waals surface area contributed by atoms with Crippen LogP contribution in [-0.4, -0.2) is 15.2 Å². The largest absolute Gasteiger partial charge is 0.383 e. The van der Waals surface area contributed by atoms with E-state index in [9.17, 15) is 0 Å². The second-order valence-electron chi connectivity index (χ2n) is 5.34. The molecule has 0 fully saturated rings. The maximum Gasteiger partial charge on any atom is 0.164 e. The smallest absolute Gasteiger partial charge is 0.164 e. The summed E-state index contributed by atoms with van der Waals surface area (Å²) in [4.78, 5) is 4.67. The van der Waals surface area contributed by atoms with E-state index in [2.05, 4.69) is 45.6 Å². The Morgan fingerprint density at radius 1 is 1.09 bits per heavy atom. The van der Waals surface area contributed by atoms with Gasteiger partial charge in [-0.05, 0) is 31.2 Å². The molecule has 2 heterocycles. The zero-order valence-corrected chi connectivity index (χ0v) is 13.3. The van der Waals surface area contributed by atoms with Gasteiger partial charge >= 0.3 is 0 Å². The monoisotopic (exact) mass is 321 g/mol. The molecular formula is C17H15N5S. The van der Waals surface area contributed by atoms with E-state index >= 15 is 0 Å². The molecule has 0 radical (unpaired) electrons. The summed E-state index contributed by atoms with van der Waals surface area (Å²) in [6.45, 7) is 2.06. The molecule has 0 aliphatic rings. The minimum absolute atomic E-state index is 0.513. The van der Waals surface area contributed by atoms with E-state index in [1.165, 1.54) is 5.56 Å². The Kier molecular flexibility index (Phi) is 3.24. The number of rotatable bonds is 3. The van der Waals surface area contributed by atoms with Gasteiger partial charge in [0.2, 0.25) is 0 Å². The molecular weight excluding hydrogens is 306 g/mol. The highest BCUT2D eigenvalue weighted by molar-refractivity contribution is 7.21. The van der Waals surface area contributed by atoms with Crippen molar-refractivity contribution in [2.24, 2.45) is 0 Å². The van der Waals surface area contributed by atoms with Crippen molar-refractivity contribution in [3.05, 3.63) is 54.1 Å². The van der Waals surface area contributed by atoms with Crippen LogP contribution in [-0.2, 0) is 0 Å². The van der Waals surface area contributed by atoms with Gasteiger partial charge in [-0.2, -0.15) is 5.10 Å². The number of nitrogen functional groups attached to an aromatic ring is 1. The predicted molar refractivity (Wildman–Crippen MR) is 96.1 cm³/mol. The van der Waals surface area contributed by atoms with Crippen molar-refractivity contribution < 1.29 is 0 Å². The number of thiazole rings is 1. The summed E-state index contributed by atoms with van der Waals surface area (Å²) in [5, 5.41) is 11.3. The molecule has 6 heteroatoms. The number of hydrogen-bond donors (Lipinski definition) is 3. The lowest BCUT2D eigenvalue weighted by atomic mass is 10.2. The van der Waals surface area contributed by atoms with Gasteiger partial charge in [0.25, 0.3) is 0 Å². The van der Waals surface area contributed by atoms with Gasteiger partial charge in [0, 0.05) is 5.69 Å². The first-order valence-electron chi connectivity index (χ1n) is 7.24. The first-order chi connectivity index (χ1) is 11.2. The van der Waals surface area contributed by atoms with Crippen LogP contribution in [0.25, 0.3) is 20.8 Å². The molecule has 4 rings (SSSR count). The average molecular weight is 321 g/mol. The van der Waals surface area contributed by atoms with Gasteiger partial charge in [-0.1, -0.05) is 29.8 Å². The standard InChI is InChI=1S/C17H15N5S/c1-10-6-8-11(9-7-10)19-16-14(15(18)21-22-16)17-20-12-4-2-3-5-13(12)23-17/h2-9H,1H3,(H4,18,19,21,22). The normalized spacial score (nSPS) is 11.0. The molecule has 2 aromatic carbocycles. The minimum atomic E-state index is 0.513. The predicted octanol–water partition coefficient (Wildman–Crippen LogP) is 4.32. The van der Waals surface area contributed by atoms with Crippen LogP contribution in [0.15, 0.2) is 48.5 Å². The highest BCUT2D eigenvalue weighted by atomic mass is 32.1. The van der Waals surface area contributed by atoms with Gasteiger partial charge in [-0.25, -0.2) is 4.98 Å². The molecule has 0 aliphatic heterocycles. The minimum Gasteiger partial charge on any atom is -0.383 e. The number of hydrogen-bond acceptors (Lipinski definition) is 5. The number of nitrogens with one attached hydrogen (secondary N) is 2. The van der Waals surface area contributed by atoms with Crippen LogP contribution in [0.3, 0.4) is 0 Å². The fourth-order valence-electron chi connectivity index (χ4n) is 2.42. The van der Waals surface area contributed by atoms with Gasteiger partial charge in [0.1, 0.15) is 10.8 Å². The summed E-state index contributed by atoms with van der Waals surface area (Å²) < 4.78 is 1.13. The molecule has 0 atom stereocenters. The van der Waals surface area contributed by atoms with Gasteiger partial charge < -0.3 is 11.1 Å². The van der Waals surface area contributed by atoms with Gasteiger partial charge in [-0.15, -0.1) is 11.3 Å². The van der Waals surface area contributed by atoms with Gasteiger partial charge in [-0.3, -0.25) is 5.10 Å². The van der Waals surface area contributed by atoms with E-state index in [1.807, 2.05) is 30.3 Å². The van der Waals surface area contributed by atoms with Crippen molar-refractivity contribution in [1.82, 2.24) is 15.2 Å². The fourth-order valence-corrected chi connectivity index (χ4v) is 3.44. The quantitative estimate of drug-likeness (QED) is 0.525. The van der Waals surface area contributed by atoms with Crippen molar-refractivity contribution >= 4 is 38.9 Å². The fraction of sp³-hybridized carbons (Fsp3) is 0.0588. The van der Waals surface area contributed by atoms with Crippen molar-refractivity contribution in [2.45, 2.75) is 6.92 Å². The maximum absolute atomic E-state index is 6.08. The Hall–Kier alpha value is -2.86. The second kappa shape index (κ2) is 5.40. The lowest BCUT2D eigenvalue weighted by Crippen LogP contribution is -1.93. The van der Waals surface area contributed by atoms with Crippen LogP contribution >= 0.6 is 11.3 Å². The Balaban J connectivity index is 1.76. The van der Waals surface area contributed by atoms with Crippen molar-refractivity contribution in [3.63, 3.8) is 0 Å². The Labute approximate surface area is 137 Å². The molecule has 4 N–H and O–H groups in total. The van der Waals surface area contributed by atoms with Gasteiger partial charge in [0.15, 0.2) is 5.82 Å². The highest BCUT2D eigenvalue weighted by Gasteiger charge is 2.17. The molecule has 23 heavy (non-hydrogen) atoms. The molecule has 0 saturated heterocycles. The summed E-state index contributed by atoms with van der Waals surface area (Å²) in [6.07, 6.45) is 0. The summed E-state index contributed by atoms with van der Waals surface area (Å²) in [7, 11) is 0. The van der Waals surface area contributed by atoms with Crippen molar-refractivity contribution in [3.8, 4) is 10.6 Å². The van der Waals surface area contributed by atoms with E-state index in [0.29, 0.717) is 11.6 Å². The second-order valence-corrected chi connectivity index (χ2v) is 6.37. The SMILES string of the molecule is Cc1ccc(Nc2n[nH]c(N)c2-c2nc3ccccc3s2)cc1. The van der Waals surface area contributed by atoms with Crippen LogP contribution in [0.1, 0.15) is 5.56 Å². The molecule has 2 aromatic heterocycles. The van der Waals surface area contributed by atoms with Crippen LogP contribution in [0.5, 0.6) is 0 Å². The number of aryl methyl sites for hydroxylation is 1. The zero-order chi connectivity index (χ0) is 15.8. The first kappa shape index (κ1) is 13.8. The van der Waals surface area contributed by atoms with E-state index in [-0.39, 0.29) is 0 Å². The molecule has 0 saturated carbocycles. The number of aromatic nitrogens is 3. The molecule has 114 valence electrons. The van der Waals surface area contributed by atoms with Gasteiger partial charge in [0.05, 0.1) is 15.8 Å². The Morgan fingerprint density at radius 3 is 2.65 bits per heavy atom. The van der Waals surface area contributed by atoms with Crippen LogP contribution in [0.2, 0.25) is 0 Å². The Bertz CT molecular complexity index is 935. The van der Waals surface area contributed by atoms with Crippen LogP contribution in [0.4, 0.5) is 17.3 Å². The average Bonchev–Trinajstić information content (AvgIpc) is 3.12. The molecule has 0 unspecified atom stereocenters. The number of nitrogens with zero attached hydrogens (tertiary/aromatic N) is 2. The summed E-state index contributed by atoms with van der Waals surface area (Å²) >= 11 is 1.61. The molecule has 0 amide bonds. The van der Waals surface area contributed by atoms with Crippen LogP contribution in [0, 0.1) is 6.92 Å². The summed E-state index contributed by atoms with van der Waals surface area (Å²) in [6, 6.07) is 16.2. The number of aromatic amines is 1. The number of H-pyrrole nitrogens is 1. The zero-order valence-electron chi connectivity index (χ0n) is 12.5. The maximum atomic E-state index is 6.08. The highest BCUT2D eigenvalue weighted by Crippen LogP contribution is 2.37. The lowest BCUT2D eigenvalue weighted by Gasteiger charge is -2.05. The Morgan fingerprint density at radius 2 is 1.87 bits per heavy atom. The van der Waals surface area contributed by atoms with Crippen LogP contribution < -0.4 is 11.1 Å². The number of para-hydroxylation sites is 1. The summed E-state index contributed by atoms with van der Waals surface area (Å²) in [5.74, 6) is 1.20. The third kappa shape index (κ3) is 2.53. The molecule has 5 nitrogen and oxygen atoms in total. The van der Waals surface area contributed by atoms with E-state index < -0.39 is 0 Å². The molecule has 0 aliphatic carbocycles.